The number of nitrogens with zero attached hydrogens (tertiary/aromatic N) is 3. The summed E-state index contributed by atoms with van der Waals surface area (Å²) in [5.74, 6) is 1.21. The van der Waals surface area contributed by atoms with Crippen LogP contribution in [0.15, 0.2) is 18.2 Å². The van der Waals surface area contributed by atoms with Crippen LogP contribution in [0.3, 0.4) is 0 Å². The molecular weight excluding hydrogens is 322 g/mol. The molecule has 0 saturated carbocycles. The number of nitriles is 1. The lowest BCUT2D eigenvalue weighted by atomic mass is 9.90. The van der Waals surface area contributed by atoms with Gasteiger partial charge in [-0.3, -0.25) is 4.90 Å². The van der Waals surface area contributed by atoms with Gasteiger partial charge in [0.2, 0.25) is 0 Å². The first kappa shape index (κ1) is 18.9. The van der Waals surface area contributed by atoms with Gasteiger partial charge in [0, 0.05) is 26.2 Å². The normalized spacial score (nSPS) is 17.3. The Morgan fingerprint density at radius 1 is 1.20 bits per heavy atom. The Morgan fingerprint density at radius 2 is 1.84 bits per heavy atom. The minimum absolute atomic E-state index is 0.299. The molecule has 1 unspecified atom stereocenters. The Hall–Kier alpha value is -2.46. The van der Waals surface area contributed by atoms with Crippen molar-refractivity contribution in [2.24, 2.45) is 0 Å². The van der Waals surface area contributed by atoms with E-state index in [0.717, 1.165) is 5.56 Å². The van der Waals surface area contributed by atoms with Gasteiger partial charge in [-0.2, -0.15) is 5.26 Å². The van der Waals surface area contributed by atoms with E-state index in [1.807, 2.05) is 19.1 Å². The molecule has 0 spiro atoms. The zero-order chi connectivity index (χ0) is 18.4. The van der Waals surface area contributed by atoms with E-state index in [-0.39, 0.29) is 6.09 Å². The molecule has 0 bridgehead atoms. The monoisotopic (exact) mass is 347 g/mol. The van der Waals surface area contributed by atoms with E-state index >= 15 is 0 Å². The molecule has 1 aromatic carbocycles. The van der Waals surface area contributed by atoms with E-state index < -0.39 is 5.54 Å². The Kier molecular flexibility index (Phi) is 6.10. The second-order valence-electron chi connectivity index (χ2n) is 5.93. The average molecular weight is 347 g/mol. The summed E-state index contributed by atoms with van der Waals surface area (Å²) in [6, 6.07) is 7.93. The number of piperazine rings is 1. The number of ether oxygens (including phenoxy) is 3. The first-order valence-corrected chi connectivity index (χ1v) is 8.30. The number of carbonyl (C=O) groups is 1. The highest BCUT2D eigenvalue weighted by Crippen LogP contribution is 2.35. The first-order valence-electron chi connectivity index (χ1n) is 8.30. The fraction of sp³-hybridized carbons (Fsp3) is 0.556. The molecule has 7 nitrogen and oxygen atoms in total. The number of hydrogen-bond donors (Lipinski definition) is 0. The topological polar surface area (TPSA) is 75.0 Å². The predicted molar refractivity (Wildman–Crippen MR) is 92.7 cm³/mol. The van der Waals surface area contributed by atoms with Gasteiger partial charge in [0.25, 0.3) is 0 Å². The van der Waals surface area contributed by atoms with Crippen LogP contribution in [0.1, 0.15) is 19.4 Å². The van der Waals surface area contributed by atoms with E-state index in [9.17, 15) is 10.1 Å². The molecule has 1 heterocycles. The van der Waals surface area contributed by atoms with Crippen molar-refractivity contribution < 1.29 is 19.0 Å². The zero-order valence-corrected chi connectivity index (χ0v) is 15.2. The van der Waals surface area contributed by atoms with Crippen molar-refractivity contribution in [2.75, 3.05) is 47.0 Å². The van der Waals surface area contributed by atoms with E-state index in [1.54, 1.807) is 32.1 Å². The van der Waals surface area contributed by atoms with Crippen molar-refractivity contribution in [3.8, 4) is 17.6 Å². The Bertz CT molecular complexity index is 650. The van der Waals surface area contributed by atoms with Crippen LogP contribution in [0, 0.1) is 11.3 Å². The van der Waals surface area contributed by atoms with E-state index in [1.165, 1.54) is 0 Å². The van der Waals surface area contributed by atoms with Crippen LogP contribution in [0.2, 0.25) is 0 Å². The number of amides is 1. The standard InChI is InChI=1S/C18H25N3O4/c1-5-25-17(22)20-8-10-21(11-9-20)18(2,13-19)14-6-7-15(23-3)16(12-14)24-4/h6-7,12H,5,8-11H2,1-4H3. The minimum Gasteiger partial charge on any atom is -0.493 e. The molecule has 7 heteroatoms. The molecule has 0 radical (unpaired) electrons. The number of rotatable bonds is 5. The van der Waals surface area contributed by atoms with Crippen LogP contribution in [0.5, 0.6) is 11.5 Å². The maximum Gasteiger partial charge on any atom is 0.409 e. The third kappa shape index (κ3) is 3.80. The lowest BCUT2D eigenvalue weighted by Gasteiger charge is -2.42. The van der Waals surface area contributed by atoms with Crippen LogP contribution < -0.4 is 9.47 Å². The maximum absolute atomic E-state index is 11.8. The van der Waals surface area contributed by atoms with Gasteiger partial charge in [-0.25, -0.2) is 4.79 Å². The SMILES string of the molecule is CCOC(=O)N1CCN(C(C)(C#N)c2ccc(OC)c(OC)c2)CC1. The minimum atomic E-state index is -0.819. The summed E-state index contributed by atoms with van der Waals surface area (Å²) in [5.41, 5.74) is 0.0116. The third-order valence-corrected chi connectivity index (χ3v) is 4.60. The van der Waals surface area contributed by atoms with Crippen molar-refractivity contribution in [1.82, 2.24) is 9.80 Å². The molecule has 1 amide bonds. The molecule has 0 aromatic heterocycles. The van der Waals surface area contributed by atoms with Crippen LogP contribution in [0.25, 0.3) is 0 Å². The Balaban J connectivity index is 2.19. The van der Waals surface area contributed by atoms with Crippen molar-refractivity contribution >= 4 is 6.09 Å². The molecule has 0 N–H and O–H groups in total. The third-order valence-electron chi connectivity index (χ3n) is 4.60. The van der Waals surface area contributed by atoms with E-state index in [4.69, 9.17) is 14.2 Å². The number of methoxy groups -OCH3 is 2. The molecule has 1 aliphatic heterocycles. The highest BCUT2D eigenvalue weighted by Gasteiger charge is 2.37. The summed E-state index contributed by atoms with van der Waals surface area (Å²) in [6.07, 6.45) is -0.299. The van der Waals surface area contributed by atoms with Crippen molar-refractivity contribution in [3.05, 3.63) is 23.8 Å². The molecule has 1 aliphatic rings. The van der Waals surface area contributed by atoms with Gasteiger partial charge >= 0.3 is 6.09 Å². The maximum atomic E-state index is 11.8. The number of hydrogen-bond acceptors (Lipinski definition) is 6. The van der Waals surface area contributed by atoms with Gasteiger partial charge in [0.05, 0.1) is 26.9 Å². The highest BCUT2D eigenvalue weighted by atomic mass is 16.6. The van der Waals surface area contributed by atoms with E-state index in [0.29, 0.717) is 44.3 Å². The van der Waals surface area contributed by atoms with Crippen molar-refractivity contribution in [1.29, 1.82) is 5.26 Å². The smallest absolute Gasteiger partial charge is 0.409 e. The summed E-state index contributed by atoms with van der Waals surface area (Å²) in [7, 11) is 3.15. The lowest BCUT2D eigenvalue weighted by molar-refractivity contribution is 0.0523. The molecule has 0 aliphatic carbocycles. The molecule has 2 rings (SSSR count). The second kappa shape index (κ2) is 8.08. The fourth-order valence-corrected chi connectivity index (χ4v) is 3.01. The number of benzene rings is 1. The molecule has 1 fully saturated rings. The van der Waals surface area contributed by atoms with Crippen molar-refractivity contribution in [2.45, 2.75) is 19.4 Å². The summed E-state index contributed by atoms with van der Waals surface area (Å²) in [5, 5.41) is 9.87. The van der Waals surface area contributed by atoms with Gasteiger partial charge in [-0.15, -0.1) is 0 Å². The van der Waals surface area contributed by atoms with Crippen LogP contribution in [-0.4, -0.2) is 62.9 Å². The van der Waals surface area contributed by atoms with Gasteiger partial charge in [-0.05, 0) is 31.5 Å². The van der Waals surface area contributed by atoms with E-state index in [2.05, 4.69) is 11.0 Å². The quantitative estimate of drug-likeness (QED) is 0.813. The van der Waals surface area contributed by atoms with Crippen LogP contribution in [-0.2, 0) is 10.3 Å². The first-order chi connectivity index (χ1) is 12.0. The zero-order valence-electron chi connectivity index (χ0n) is 15.2. The lowest BCUT2D eigenvalue weighted by Crippen LogP contribution is -2.55. The summed E-state index contributed by atoms with van der Waals surface area (Å²) >= 11 is 0. The summed E-state index contributed by atoms with van der Waals surface area (Å²) in [4.78, 5) is 15.6. The van der Waals surface area contributed by atoms with Crippen molar-refractivity contribution in [3.63, 3.8) is 0 Å². The Morgan fingerprint density at radius 3 is 2.36 bits per heavy atom. The molecule has 25 heavy (non-hydrogen) atoms. The summed E-state index contributed by atoms with van der Waals surface area (Å²) in [6.45, 7) is 6.29. The molecule has 1 aromatic rings. The molecule has 1 saturated heterocycles. The summed E-state index contributed by atoms with van der Waals surface area (Å²) < 4.78 is 15.7. The fourth-order valence-electron chi connectivity index (χ4n) is 3.01. The average Bonchev–Trinajstić information content (AvgIpc) is 2.67. The molecule has 1 atom stereocenters. The van der Waals surface area contributed by atoms with Crippen LogP contribution >= 0.6 is 0 Å². The van der Waals surface area contributed by atoms with Crippen LogP contribution in [0.4, 0.5) is 4.79 Å². The van der Waals surface area contributed by atoms with Gasteiger partial charge in [-0.1, -0.05) is 6.07 Å². The van der Waals surface area contributed by atoms with Gasteiger partial charge < -0.3 is 19.1 Å². The predicted octanol–water partition coefficient (Wildman–Crippen LogP) is 2.22. The highest BCUT2D eigenvalue weighted by molar-refractivity contribution is 5.67. The number of carbonyl (C=O) groups excluding carboxylic acids is 1. The van der Waals surface area contributed by atoms with Gasteiger partial charge in [0.15, 0.2) is 11.5 Å². The molecular formula is C18H25N3O4. The second-order valence-corrected chi connectivity index (χ2v) is 5.93. The largest absolute Gasteiger partial charge is 0.493 e. The Labute approximate surface area is 148 Å². The van der Waals surface area contributed by atoms with Gasteiger partial charge in [0.1, 0.15) is 5.54 Å². The molecule has 136 valence electrons.